The van der Waals surface area contributed by atoms with Crippen molar-refractivity contribution in [1.29, 1.82) is 5.26 Å². The van der Waals surface area contributed by atoms with Gasteiger partial charge in [0.05, 0.1) is 43.7 Å². The lowest BCUT2D eigenvalue weighted by Gasteiger charge is -2.41. The predicted octanol–water partition coefficient (Wildman–Crippen LogP) is 7.87. The summed E-state index contributed by atoms with van der Waals surface area (Å²) in [4.78, 5) is 12.6. The van der Waals surface area contributed by atoms with E-state index in [0.717, 1.165) is 36.5 Å². The van der Waals surface area contributed by atoms with Gasteiger partial charge in [0, 0.05) is 58.7 Å². The number of nitrogens with one attached hydrogen (secondary N) is 3. The Labute approximate surface area is 271 Å². The SMILES string of the molecule is Cc1scnc1[C@H](Nc1cc(Cl)c2ncc(C#N)c(Nc3ccc(F)c(Cl)c3)c2c1)/C(N)=C/NC1CCN(C(C)(C)C)CC1. The van der Waals surface area contributed by atoms with Crippen LogP contribution in [0.1, 0.15) is 55.8 Å². The Balaban J connectivity index is 1.46. The fraction of sp³-hybridized carbons (Fsp3) is 0.344. The number of hydrogen-bond donors (Lipinski definition) is 4. The highest BCUT2D eigenvalue weighted by Gasteiger charge is 2.27. The quantitative estimate of drug-likeness (QED) is 0.152. The fourth-order valence-corrected chi connectivity index (χ4v) is 6.43. The number of pyridine rings is 1. The molecule has 0 saturated carbocycles. The highest BCUT2D eigenvalue weighted by molar-refractivity contribution is 7.09. The molecule has 5 N–H and O–H groups in total. The second-order valence-corrected chi connectivity index (χ2v) is 13.8. The summed E-state index contributed by atoms with van der Waals surface area (Å²) >= 11 is 14.3. The number of nitrogens with zero attached hydrogens (tertiary/aromatic N) is 4. The van der Waals surface area contributed by atoms with Crippen LogP contribution in [0.15, 0.2) is 53.9 Å². The van der Waals surface area contributed by atoms with E-state index in [4.69, 9.17) is 28.9 Å². The fourth-order valence-electron chi connectivity index (χ4n) is 5.36. The Hall–Kier alpha value is -3.62. The second-order valence-electron chi connectivity index (χ2n) is 11.9. The molecule has 2 aromatic heterocycles. The molecule has 1 fully saturated rings. The first-order chi connectivity index (χ1) is 20.9. The first kappa shape index (κ1) is 31.8. The highest BCUT2D eigenvalue weighted by Crippen LogP contribution is 2.37. The lowest BCUT2D eigenvalue weighted by Crippen LogP contribution is -2.49. The number of hydrogen-bond acceptors (Lipinski definition) is 9. The number of halogens is 3. The molecule has 8 nitrogen and oxygen atoms in total. The topological polar surface area (TPSA) is 115 Å². The summed E-state index contributed by atoms with van der Waals surface area (Å²) < 4.78 is 13.8. The van der Waals surface area contributed by atoms with Crippen LogP contribution in [0.4, 0.5) is 21.5 Å². The van der Waals surface area contributed by atoms with Crippen molar-refractivity contribution in [2.24, 2.45) is 5.73 Å². The molecule has 1 aliphatic rings. The Morgan fingerprint density at radius 3 is 2.52 bits per heavy atom. The molecule has 1 saturated heterocycles. The van der Waals surface area contributed by atoms with Crippen LogP contribution in [0.2, 0.25) is 10.0 Å². The molecule has 1 aliphatic heterocycles. The van der Waals surface area contributed by atoms with Gasteiger partial charge in [-0.05, 0) is 70.9 Å². The first-order valence-electron chi connectivity index (χ1n) is 14.3. The van der Waals surface area contributed by atoms with E-state index in [2.05, 4.69) is 57.7 Å². The summed E-state index contributed by atoms with van der Waals surface area (Å²) in [6.07, 6.45) is 5.39. The molecule has 0 radical (unpaired) electrons. The highest BCUT2D eigenvalue weighted by atomic mass is 35.5. The number of aromatic nitrogens is 2. The molecule has 2 aromatic carbocycles. The number of aryl methyl sites for hydroxylation is 1. The van der Waals surface area contributed by atoms with Crippen molar-refractivity contribution in [3.05, 3.63) is 85.9 Å². The number of nitrogens with two attached hydrogens (primary N) is 1. The molecule has 44 heavy (non-hydrogen) atoms. The molecule has 0 unspecified atom stereocenters. The lowest BCUT2D eigenvalue weighted by atomic mass is 9.98. The van der Waals surface area contributed by atoms with Crippen molar-refractivity contribution in [2.45, 2.75) is 58.2 Å². The largest absolute Gasteiger partial charge is 0.399 e. The van der Waals surface area contributed by atoms with Crippen LogP contribution in [0.5, 0.6) is 0 Å². The van der Waals surface area contributed by atoms with Gasteiger partial charge in [-0.2, -0.15) is 5.26 Å². The maximum Gasteiger partial charge on any atom is 0.141 e. The summed E-state index contributed by atoms with van der Waals surface area (Å²) in [5.74, 6) is -0.536. The second kappa shape index (κ2) is 13.2. The molecular formula is C32H35Cl2FN8S. The third-order valence-corrected chi connectivity index (χ3v) is 9.21. The summed E-state index contributed by atoms with van der Waals surface area (Å²) in [5, 5.41) is 21.1. The third kappa shape index (κ3) is 7.02. The van der Waals surface area contributed by atoms with E-state index >= 15 is 0 Å². The molecule has 0 spiro atoms. The van der Waals surface area contributed by atoms with Gasteiger partial charge in [-0.1, -0.05) is 23.2 Å². The zero-order chi connectivity index (χ0) is 31.6. The monoisotopic (exact) mass is 652 g/mol. The van der Waals surface area contributed by atoms with Crippen molar-refractivity contribution in [3.8, 4) is 6.07 Å². The Morgan fingerprint density at radius 1 is 1.16 bits per heavy atom. The molecule has 4 aromatic rings. The summed E-state index contributed by atoms with van der Waals surface area (Å²) in [6, 6.07) is 9.96. The van der Waals surface area contributed by atoms with Crippen molar-refractivity contribution >= 4 is 62.5 Å². The smallest absolute Gasteiger partial charge is 0.141 e. The zero-order valence-corrected chi connectivity index (χ0v) is 27.3. The van der Waals surface area contributed by atoms with Gasteiger partial charge in [-0.3, -0.25) is 9.88 Å². The average molecular weight is 654 g/mol. The minimum atomic E-state index is -0.536. The Bertz CT molecular complexity index is 1730. The molecule has 1 atom stereocenters. The van der Waals surface area contributed by atoms with Crippen molar-refractivity contribution in [1.82, 2.24) is 20.2 Å². The minimum absolute atomic E-state index is 0.0376. The normalized spacial score (nSPS) is 15.6. The van der Waals surface area contributed by atoms with E-state index < -0.39 is 11.9 Å². The van der Waals surface area contributed by atoms with Crippen molar-refractivity contribution in [3.63, 3.8) is 0 Å². The number of nitriles is 1. The Morgan fingerprint density at radius 2 is 1.89 bits per heavy atom. The van der Waals surface area contributed by atoms with Crippen LogP contribution in [0.25, 0.3) is 10.9 Å². The van der Waals surface area contributed by atoms with Gasteiger partial charge in [-0.15, -0.1) is 11.3 Å². The number of rotatable bonds is 8. The van der Waals surface area contributed by atoms with E-state index in [-0.39, 0.29) is 10.6 Å². The maximum absolute atomic E-state index is 13.8. The van der Waals surface area contributed by atoms with Gasteiger partial charge in [-0.25, -0.2) is 9.37 Å². The minimum Gasteiger partial charge on any atom is -0.399 e. The average Bonchev–Trinajstić information content (AvgIpc) is 3.41. The molecule has 5 rings (SSSR count). The standard InChI is InChI=1S/C32H35Cl2FN8S/c1-18-28(40-17-44-18)31(27(37)16-38-20-7-9-43(10-8-20)32(2,3)4)42-22-11-23-29(41-21-5-6-26(35)24(33)12-21)19(14-36)15-39-30(23)25(34)13-22/h5-6,11-13,15-17,20,31,38,42H,7-10,37H2,1-4H3,(H,39,41)/b27-16-/t31-/m1/s1. The number of piperidine rings is 1. The van der Waals surface area contributed by atoms with E-state index in [1.165, 1.54) is 18.3 Å². The van der Waals surface area contributed by atoms with Crippen LogP contribution in [0.3, 0.4) is 0 Å². The summed E-state index contributed by atoms with van der Waals surface area (Å²) in [5.41, 5.74) is 12.5. The summed E-state index contributed by atoms with van der Waals surface area (Å²) in [6.45, 7) is 10.8. The van der Waals surface area contributed by atoms with E-state index in [1.54, 1.807) is 29.0 Å². The van der Waals surface area contributed by atoms with Crippen LogP contribution < -0.4 is 21.7 Å². The third-order valence-electron chi connectivity index (χ3n) is 7.86. The van der Waals surface area contributed by atoms with E-state index in [0.29, 0.717) is 50.3 Å². The lowest BCUT2D eigenvalue weighted by molar-refractivity contribution is 0.0988. The van der Waals surface area contributed by atoms with Gasteiger partial charge in [0.15, 0.2) is 0 Å². The van der Waals surface area contributed by atoms with Gasteiger partial charge in [0.2, 0.25) is 0 Å². The summed E-state index contributed by atoms with van der Waals surface area (Å²) in [7, 11) is 0. The van der Waals surface area contributed by atoms with Gasteiger partial charge >= 0.3 is 0 Å². The van der Waals surface area contributed by atoms with Crippen LogP contribution in [0, 0.1) is 24.1 Å². The molecule has 0 bridgehead atoms. The molecule has 3 heterocycles. The molecule has 12 heteroatoms. The van der Waals surface area contributed by atoms with E-state index in [9.17, 15) is 9.65 Å². The maximum atomic E-state index is 13.8. The van der Waals surface area contributed by atoms with Crippen LogP contribution in [-0.2, 0) is 0 Å². The molecule has 230 valence electrons. The Kier molecular flexibility index (Phi) is 9.51. The van der Waals surface area contributed by atoms with Gasteiger partial charge in [0.1, 0.15) is 17.9 Å². The van der Waals surface area contributed by atoms with Crippen molar-refractivity contribution < 1.29 is 4.39 Å². The van der Waals surface area contributed by atoms with Gasteiger partial charge < -0.3 is 21.7 Å². The molecular weight excluding hydrogens is 618 g/mol. The van der Waals surface area contributed by atoms with Crippen LogP contribution >= 0.6 is 34.5 Å². The molecule has 0 aliphatic carbocycles. The number of benzene rings is 2. The van der Waals surface area contributed by atoms with Crippen LogP contribution in [-0.4, -0.2) is 39.5 Å². The number of fused-ring (bicyclic) bond motifs is 1. The van der Waals surface area contributed by atoms with E-state index in [1.807, 2.05) is 19.2 Å². The van der Waals surface area contributed by atoms with Gasteiger partial charge in [0.25, 0.3) is 0 Å². The van der Waals surface area contributed by atoms with Crippen molar-refractivity contribution in [2.75, 3.05) is 23.7 Å². The predicted molar refractivity (Wildman–Crippen MR) is 179 cm³/mol. The number of thiazole rings is 1. The zero-order valence-electron chi connectivity index (χ0n) is 25.0. The first-order valence-corrected chi connectivity index (χ1v) is 16.0. The number of likely N-dealkylation sites (tertiary alicyclic amines) is 1. The number of anilines is 3. The molecule has 0 amide bonds.